The molecule has 1 aromatic carbocycles. The van der Waals surface area contributed by atoms with Gasteiger partial charge in [-0.15, -0.1) is 0 Å². The van der Waals surface area contributed by atoms with E-state index in [1.165, 1.54) is 25.0 Å². The van der Waals surface area contributed by atoms with Crippen molar-refractivity contribution in [2.24, 2.45) is 5.73 Å². The lowest BCUT2D eigenvalue weighted by atomic mass is 9.85. The first kappa shape index (κ1) is 14.0. The van der Waals surface area contributed by atoms with Gasteiger partial charge in [-0.2, -0.15) is 0 Å². The number of halogens is 1. The predicted molar refractivity (Wildman–Crippen MR) is 73.0 cm³/mol. The number of hydrogen-bond acceptors (Lipinski definition) is 2. The van der Waals surface area contributed by atoms with Crippen molar-refractivity contribution in [1.82, 2.24) is 5.32 Å². The molecule has 0 aliphatic heterocycles. The van der Waals surface area contributed by atoms with Crippen LogP contribution in [0.2, 0.25) is 0 Å². The monoisotopic (exact) mass is 264 g/mol. The van der Waals surface area contributed by atoms with Crippen LogP contribution in [0.15, 0.2) is 24.3 Å². The molecule has 0 saturated heterocycles. The number of nitrogens with one attached hydrogen (secondary N) is 1. The van der Waals surface area contributed by atoms with Crippen molar-refractivity contribution >= 4 is 5.91 Å². The molecule has 1 aliphatic rings. The fraction of sp³-hybridized carbons (Fsp3) is 0.533. The number of hydrogen-bond donors (Lipinski definition) is 2. The number of benzene rings is 1. The van der Waals surface area contributed by atoms with Crippen molar-refractivity contribution in [2.75, 3.05) is 0 Å². The molecule has 3 N–H and O–H groups in total. The summed E-state index contributed by atoms with van der Waals surface area (Å²) >= 11 is 0. The van der Waals surface area contributed by atoms with Gasteiger partial charge in [-0.1, -0.05) is 31.9 Å². The van der Waals surface area contributed by atoms with Crippen molar-refractivity contribution in [1.29, 1.82) is 0 Å². The zero-order valence-corrected chi connectivity index (χ0v) is 11.3. The average Bonchev–Trinajstić information content (AvgIpc) is 2.88. The van der Waals surface area contributed by atoms with Crippen molar-refractivity contribution in [3.05, 3.63) is 35.6 Å². The number of primary amides is 1. The van der Waals surface area contributed by atoms with Crippen LogP contribution in [0, 0.1) is 5.82 Å². The highest BCUT2D eigenvalue weighted by molar-refractivity contribution is 5.86. The van der Waals surface area contributed by atoms with E-state index in [-0.39, 0.29) is 11.9 Å². The Bertz CT molecular complexity index is 457. The molecule has 1 atom stereocenters. The third kappa shape index (κ3) is 2.78. The van der Waals surface area contributed by atoms with E-state index in [9.17, 15) is 9.18 Å². The van der Waals surface area contributed by atoms with E-state index < -0.39 is 11.4 Å². The van der Waals surface area contributed by atoms with E-state index in [2.05, 4.69) is 5.32 Å². The highest BCUT2D eigenvalue weighted by Crippen LogP contribution is 2.29. The number of amides is 1. The highest BCUT2D eigenvalue weighted by Gasteiger charge is 2.39. The van der Waals surface area contributed by atoms with Gasteiger partial charge in [0.2, 0.25) is 5.91 Å². The maximum atomic E-state index is 13.4. The summed E-state index contributed by atoms with van der Waals surface area (Å²) in [6.07, 6.45) is 4.94. The van der Waals surface area contributed by atoms with Crippen molar-refractivity contribution in [3.63, 3.8) is 0 Å². The van der Waals surface area contributed by atoms with Gasteiger partial charge in [0, 0.05) is 6.04 Å². The van der Waals surface area contributed by atoms with Gasteiger partial charge < -0.3 is 5.73 Å². The van der Waals surface area contributed by atoms with Crippen LogP contribution >= 0.6 is 0 Å². The summed E-state index contributed by atoms with van der Waals surface area (Å²) < 4.78 is 13.4. The topological polar surface area (TPSA) is 55.1 Å². The Hall–Kier alpha value is -1.42. The second kappa shape index (κ2) is 5.70. The lowest BCUT2D eigenvalue weighted by Crippen LogP contribution is -2.55. The standard InChI is InChI=1S/C15H21FN2O/c1-2-15(14(17)19,18-13-8-3-4-9-13)11-6-5-7-12(16)10-11/h5-7,10,13,18H,2-4,8-9H2,1H3,(H2,17,19). The molecule has 1 unspecified atom stereocenters. The van der Waals surface area contributed by atoms with E-state index in [4.69, 9.17) is 5.73 Å². The Morgan fingerprint density at radius 2 is 2.16 bits per heavy atom. The fourth-order valence-corrected chi connectivity index (χ4v) is 2.95. The molecule has 1 fully saturated rings. The minimum absolute atomic E-state index is 0.288. The molecule has 1 saturated carbocycles. The van der Waals surface area contributed by atoms with Crippen LogP contribution < -0.4 is 11.1 Å². The van der Waals surface area contributed by atoms with E-state index in [0.29, 0.717) is 12.0 Å². The summed E-state index contributed by atoms with van der Waals surface area (Å²) in [5, 5.41) is 3.38. The number of carbonyl (C=O) groups is 1. The van der Waals surface area contributed by atoms with Crippen LogP contribution in [-0.2, 0) is 10.3 Å². The lowest BCUT2D eigenvalue weighted by Gasteiger charge is -2.34. The average molecular weight is 264 g/mol. The molecule has 0 heterocycles. The van der Waals surface area contributed by atoms with E-state index in [1.54, 1.807) is 12.1 Å². The molecule has 4 heteroatoms. The normalized spacial score (nSPS) is 19.3. The number of carbonyl (C=O) groups excluding carboxylic acids is 1. The van der Waals surface area contributed by atoms with E-state index in [0.717, 1.165) is 12.8 Å². The second-order valence-electron chi connectivity index (χ2n) is 5.26. The van der Waals surface area contributed by atoms with Crippen LogP contribution in [-0.4, -0.2) is 11.9 Å². The van der Waals surface area contributed by atoms with Gasteiger partial charge in [0.15, 0.2) is 0 Å². The van der Waals surface area contributed by atoms with Gasteiger partial charge in [0.1, 0.15) is 11.4 Å². The Morgan fingerprint density at radius 1 is 1.47 bits per heavy atom. The largest absolute Gasteiger partial charge is 0.368 e. The summed E-state index contributed by atoms with van der Waals surface area (Å²) in [6, 6.07) is 6.44. The minimum Gasteiger partial charge on any atom is -0.368 e. The zero-order chi connectivity index (χ0) is 13.9. The Morgan fingerprint density at radius 3 is 2.68 bits per heavy atom. The molecule has 0 bridgehead atoms. The fourth-order valence-electron chi connectivity index (χ4n) is 2.95. The molecule has 1 aromatic rings. The van der Waals surface area contributed by atoms with Crippen LogP contribution in [0.5, 0.6) is 0 Å². The molecule has 2 rings (SSSR count). The maximum absolute atomic E-state index is 13.4. The van der Waals surface area contributed by atoms with Crippen molar-refractivity contribution in [3.8, 4) is 0 Å². The summed E-state index contributed by atoms with van der Waals surface area (Å²) in [6.45, 7) is 1.90. The molecule has 3 nitrogen and oxygen atoms in total. The Labute approximate surface area is 113 Å². The molecule has 104 valence electrons. The minimum atomic E-state index is -0.961. The molecule has 0 radical (unpaired) electrons. The van der Waals surface area contributed by atoms with E-state index >= 15 is 0 Å². The highest BCUT2D eigenvalue weighted by atomic mass is 19.1. The predicted octanol–water partition coefficient (Wildman–Crippen LogP) is 2.45. The zero-order valence-electron chi connectivity index (χ0n) is 11.3. The first-order chi connectivity index (χ1) is 9.08. The summed E-state index contributed by atoms with van der Waals surface area (Å²) in [7, 11) is 0. The second-order valence-corrected chi connectivity index (χ2v) is 5.26. The summed E-state index contributed by atoms with van der Waals surface area (Å²) in [5.74, 6) is -0.780. The van der Waals surface area contributed by atoms with Gasteiger partial charge in [0.05, 0.1) is 0 Å². The SMILES string of the molecule is CCC(NC1CCCC1)(C(N)=O)c1cccc(F)c1. The quantitative estimate of drug-likeness (QED) is 0.858. The summed E-state index contributed by atoms with van der Waals surface area (Å²) in [4.78, 5) is 12.0. The Kier molecular flexibility index (Phi) is 4.20. The number of nitrogens with two attached hydrogens (primary N) is 1. The van der Waals surface area contributed by atoms with Crippen LogP contribution in [0.4, 0.5) is 4.39 Å². The van der Waals surface area contributed by atoms with Gasteiger partial charge >= 0.3 is 0 Å². The van der Waals surface area contributed by atoms with Crippen molar-refractivity contribution in [2.45, 2.75) is 50.6 Å². The first-order valence-electron chi connectivity index (χ1n) is 6.92. The van der Waals surface area contributed by atoms with Crippen molar-refractivity contribution < 1.29 is 9.18 Å². The van der Waals surface area contributed by atoms with Gasteiger partial charge in [0.25, 0.3) is 0 Å². The molecular weight excluding hydrogens is 243 g/mol. The molecule has 0 spiro atoms. The molecule has 1 amide bonds. The first-order valence-corrected chi connectivity index (χ1v) is 6.92. The molecular formula is C15H21FN2O. The van der Waals surface area contributed by atoms with Gasteiger partial charge in [-0.25, -0.2) is 4.39 Å². The van der Waals surface area contributed by atoms with Gasteiger partial charge in [-0.05, 0) is 37.0 Å². The van der Waals surface area contributed by atoms with Crippen LogP contribution in [0.3, 0.4) is 0 Å². The Balaban J connectivity index is 2.35. The van der Waals surface area contributed by atoms with Crippen LogP contribution in [0.25, 0.3) is 0 Å². The lowest BCUT2D eigenvalue weighted by molar-refractivity contribution is -0.125. The van der Waals surface area contributed by atoms with E-state index in [1.807, 2.05) is 6.92 Å². The summed E-state index contributed by atoms with van der Waals surface area (Å²) in [5.41, 5.74) is 5.28. The van der Waals surface area contributed by atoms with Crippen LogP contribution in [0.1, 0.15) is 44.6 Å². The molecule has 1 aliphatic carbocycles. The molecule has 19 heavy (non-hydrogen) atoms. The maximum Gasteiger partial charge on any atom is 0.242 e. The third-order valence-electron chi connectivity index (χ3n) is 4.07. The number of rotatable bonds is 5. The van der Waals surface area contributed by atoms with Gasteiger partial charge in [-0.3, -0.25) is 10.1 Å². The third-order valence-corrected chi connectivity index (χ3v) is 4.07. The smallest absolute Gasteiger partial charge is 0.242 e. The molecule has 0 aromatic heterocycles.